The van der Waals surface area contributed by atoms with Gasteiger partial charge in [-0.25, -0.2) is 4.79 Å². The zero-order chi connectivity index (χ0) is 21.7. The van der Waals surface area contributed by atoms with Gasteiger partial charge in [0.25, 0.3) is 0 Å². The second kappa shape index (κ2) is 9.82. The van der Waals surface area contributed by atoms with Gasteiger partial charge in [0.2, 0.25) is 0 Å². The van der Waals surface area contributed by atoms with Gasteiger partial charge in [-0.2, -0.15) is 0 Å². The summed E-state index contributed by atoms with van der Waals surface area (Å²) in [7, 11) is 3.16. The van der Waals surface area contributed by atoms with Crippen molar-refractivity contribution in [2.75, 3.05) is 14.2 Å². The van der Waals surface area contributed by atoms with Crippen LogP contribution in [0.25, 0.3) is 17.5 Å². The van der Waals surface area contributed by atoms with Gasteiger partial charge in [-0.3, -0.25) is 0 Å². The fourth-order valence-corrected chi connectivity index (χ4v) is 3.89. The number of aliphatic carboxylic acids is 1. The number of rotatable bonds is 8. The average molecular weight is 490 g/mol. The van der Waals surface area contributed by atoms with Gasteiger partial charge in [-0.1, -0.05) is 28.1 Å². The summed E-state index contributed by atoms with van der Waals surface area (Å²) in [6, 6.07) is 12.8. The molecule has 0 aliphatic carbocycles. The Labute approximate surface area is 186 Å². The molecule has 0 unspecified atom stereocenters. The van der Waals surface area contributed by atoms with Crippen molar-refractivity contribution in [1.29, 1.82) is 0 Å². The van der Waals surface area contributed by atoms with Crippen LogP contribution in [0.4, 0.5) is 0 Å². The second-order valence-electron chi connectivity index (χ2n) is 6.12. The minimum Gasteiger partial charge on any atom is -0.497 e. The summed E-state index contributed by atoms with van der Waals surface area (Å²) >= 11 is 4.44. The lowest BCUT2D eigenvalue weighted by molar-refractivity contribution is -0.131. The lowest BCUT2D eigenvalue weighted by Crippen LogP contribution is -2.03. The summed E-state index contributed by atoms with van der Waals surface area (Å²) in [6.45, 7) is 2.52. The molecule has 0 bridgehead atoms. The fourth-order valence-electron chi connectivity index (χ4n) is 2.74. The molecule has 0 spiro atoms. The maximum absolute atomic E-state index is 11.8. The molecule has 7 nitrogen and oxygen atoms in total. The van der Waals surface area contributed by atoms with Crippen molar-refractivity contribution in [2.24, 2.45) is 0 Å². The number of halogens is 1. The highest BCUT2D eigenvalue weighted by molar-refractivity contribution is 9.10. The zero-order valence-corrected chi connectivity index (χ0v) is 19.0. The molecule has 3 rings (SSSR count). The first kappa shape index (κ1) is 21.9. The van der Waals surface area contributed by atoms with E-state index in [1.807, 2.05) is 47.9 Å². The predicted molar refractivity (Wildman–Crippen MR) is 120 cm³/mol. The topological polar surface area (TPSA) is 86.5 Å². The van der Waals surface area contributed by atoms with Crippen LogP contribution < -0.4 is 9.47 Å². The molecule has 0 aliphatic heterocycles. The third-order valence-corrected chi connectivity index (χ3v) is 5.75. The molecule has 9 heteroatoms. The Morgan fingerprint density at radius 1 is 1.13 bits per heavy atom. The van der Waals surface area contributed by atoms with Crippen molar-refractivity contribution in [2.45, 2.75) is 18.6 Å². The Hall–Kier alpha value is -2.78. The Bertz CT molecular complexity index is 1060. The van der Waals surface area contributed by atoms with Gasteiger partial charge in [0.15, 0.2) is 11.0 Å². The van der Waals surface area contributed by atoms with Crippen molar-refractivity contribution >= 4 is 39.7 Å². The maximum Gasteiger partial charge on any atom is 0.342 e. The molecule has 156 valence electrons. The number of hydrogen-bond acceptors (Lipinski definition) is 6. The van der Waals surface area contributed by atoms with Gasteiger partial charge in [-0.05, 0) is 54.6 Å². The van der Waals surface area contributed by atoms with Crippen LogP contribution in [-0.4, -0.2) is 40.1 Å². The van der Waals surface area contributed by atoms with E-state index < -0.39 is 5.97 Å². The summed E-state index contributed by atoms with van der Waals surface area (Å²) in [6.07, 6.45) is 1.61. The molecule has 2 aromatic carbocycles. The molecule has 0 aliphatic rings. The third kappa shape index (κ3) is 5.03. The molecule has 0 amide bonds. The van der Waals surface area contributed by atoms with E-state index in [0.717, 1.165) is 27.4 Å². The number of carboxylic acid groups (broad SMARTS) is 1. The molecule has 3 aromatic rings. The number of ether oxygens (including phenoxy) is 2. The van der Waals surface area contributed by atoms with Gasteiger partial charge < -0.3 is 19.1 Å². The summed E-state index contributed by atoms with van der Waals surface area (Å²) in [4.78, 5) is 12.0. The molecule has 1 N–H and O–H groups in total. The van der Waals surface area contributed by atoms with Crippen molar-refractivity contribution in [3.63, 3.8) is 0 Å². The van der Waals surface area contributed by atoms with Crippen molar-refractivity contribution in [3.05, 3.63) is 57.4 Å². The van der Waals surface area contributed by atoms with Crippen LogP contribution in [0.2, 0.25) is 0 Å². The summed E-state index contributed by atoms with van der Waals surface area (Å²) in [5.41, 5.74) is 1.55. The summed E-state index contributed by atoms with van der Waals surface area (Å²) < 4.78 is 13.5. The van der Waals surface area contributed by atoms with E-state index in [1.54, 1.807) is 26.4 Å². The van der Waals surface area contributed by atoms with Crippen LogP contribution in [0, 0.1) is 0 Å². The first-order chi connectivity index (χ1) is 14.4. The van der Waals surface area contributed by atoms with Crippen molar-refractivity contribution in [3.8, 4) is 22.9 Å². The standard InChI is InChI=1S/C21H20BrN3O4S/c1-4-25-19(14-10-16(28-2)12-17(11-14)29-3)23-24-21(25)30-18(20(26)27)9-13-5-7-15(22)8-6-13/h5-12H,4H2,1-3H3,(H,26,27)/b18-9-. The highest BCUT2D eigenvalue weighted by Gasteiger charge is 2.19. The molecular formula is C21H20BrN3O4S. The van der Waals surface area contributed by atoms with E-state index in [0.29, 0.717) is 29.0 Å². The Balaban J connectivity index is 1.98. The normalized spacial score (nSPS) is 11.4. The van der Waals surface area contributed by atoms with E-state index in [-0.39, 0.29) is 4.91 Å². The smallest absolute Gasteiger partial charge is 0.342 e. The average Bonchev–Trinajstić information content (AvgIpc) is 3.16. The van der Waals surface area contributed by atoms with Gasteiger partial charge in [0.05, 0.1) is 14.2 Å². The predicted octanol–water partition coefficient (Wildman–Crippen LogP) is 4.96. The Morgan fingerprint density at radius 3 is 2.30 bits per heavy atom. The number of methoxy groups -OCH3 is 2. The minimum absolute atomic E-state index is 0.147. The van der Waals surface area contributed by atoms with E-state index in [2.05, 4.69) is 26.1 Å². The number of aromatic nitrogens is 3. The zero-order valence-electron chi connectivity index (χ0n) is 16.6. The second-order valence-corrected chi connectivity index (χ2v) is 8.04. The molecule has 0 radical (unpaired) electrons. The monoisotopic (exact) mass is 489 g/mol. The van der Waals surface area contributed by atoms with Crippen LogP contribution in [0.5, 0.6) is 11.5 Å². The van der Waals surface area contributed by atoms with Crippen LogP contribution in [0.3, 0.4) is 0 Å². The molecule has 1 aromatic heterocycles. The molecule has 0 atom stereocenters. The van der Waals surface area contributed by atoms with E-state index >= 15 is 0 Å². The fraction of sp³-hybridized carbons (Fsp3) is 0.190. The summed E-state index contributed by atoms with van der Waals surface area (Å²) in [5, 5.41) is 18.7. The van der Waals surface area contributed by atoms with Gasteiger partial charge in [0.1, 0.15) is 16.4 Å². The van der Waals surface area contributed by atoms with E-state index in [4.69, 9.17) is 9.47 Å². The van der Waals surface area contributed by atoms with Gasteiger partial charge in [0, 0.05) is 22.6 Å². The SMILES string of the molecule is CCn1c(S/C(=C\c2ccc(Br)cc2)C(=O)O)nnc1-c1cc(OC)cc(OC)c1. The lowest BCUT2D eigenvalue weighted by Gasteiger charge is -2.10. The number of benzene rings is 2. The number of nitrogens with zero attached hydrogens (tertiary/aromatic N) is 3. The van der Waals surface area contributed by atoms with E-state index in [1.165, 1.54) is 0 Å². The number of hydrogen-bond donors (Lipinski definition) is 1. The quantitative estimate of drug-likeness (QED) is 0.353. The molecule has 0 fully saturated rings. The maximum atomic E-state index is 11.8. The first-order valence-electron chi connectivity index (χ1n) is 9.00. The van der Waals surface area contributed by atoms with Crippen LogP contribution >= 0.6 is 27.7 Å². The third-order valence-electron chi connectivity index (χ3n) is 4.22. The molecule has 1 heterocycles. The van der Waals surface area contributed by atoms with Crippen LogP contribution in [-0.2, 0) is 11.3 Å². The number of carbonyl (C=O) groups is 1. The highest BCUT2D eigenvalue weighted by atomic mass is 79.9. The number of carboxylic acids is 1. The van der Waals surface area contributed by atoms with Gasteiger partial charge >= 0.3 is 5.97 Å². The van der Waals surface area contributed by atoms with Crippen LogP contribution in [0.1, 0.15) is 12.5 Å². The van der Waals surface area contributed by atoms with E-state index in [9.17, 15) is 9.90 Å². The molecule has 0 saturated carbocycles. The minimum atomic E-state index is -1.03. The van der Waals surface area contributed by atoms with Crippen molar-refractivity contribution < 1.29 is 19.4 Å². The molecular weight excluding hydrogens is 470 g/mol. The summed E-state index contributed by atoms with van der Waals surface area (Å²) in [5.74, 6) is 0.833. The molecule has 0 saturated heterocycles. The number of thioether (sulfide) groups is 1. The largest absolute Gasteiger partial charge is 0.497 e. The Morgan fingerprint density at radius 2 is 1.77 bits per heavy atom. The Kier molecular flexibility index (Phi) is 7.17. The van der Waals surface area contributed by atoms with Crippen molar-refractivity contribution in [1.82, 2.24) is 14.8 Å². The highest BCUT2D eigenvalue weighted by Crippen LogP contribution is 2.33. The molecule has 30 heavy (non-hydrogen) atoms. The van der Waals surface area contributed by atoms with Gasteiger partial charge in [-0.15, -0.1) is 10.2 Å². The first-order valence-corrected chi connectivity index (χ1v) is 10.6. The lowest BCUT2D eigenvalue weighted by atomic mass is 10.2. The van der Waals surface area contributed by atoms with Crippen LogP contribution in [0.15, 0.2) is 57.0 Å².